The third-order valence-corrected chi connectivity index (χ3v) is 3.80. The Labute approximate surface area is 134 Å². The van der Waals surface area contributed by atoms with Crippen LogP contribution in [0.2, 0.25) is 0 Å². The van der Waals surface area contributed by atoms with Gasteiger partial charge < -0.3 is 10.4 Å². The highest BCUT2D eigenvalue weighted by Crippen LogP contribution is 2.30. The Balaban J connectivity index is 2.21. The van der Waals surface area contributed by atoms with E-state index in [0.717, 1.165) is 6.42 Å². The number of halogens is 1. The van der Waals surface area contributed by atoms with E-state index in [1.165, 1.54) is 12.1 Å². The van der Waals surface area contributed by atoms with Gasteiger partial charge in [0.15, 0.2) is 5.82 Å². The number of anilines is 1. The topological polar surface area (TPSA) is 58.0 Å². The summed E-state index contributed by atoms with van der Waals surface area (Å²) in [6.45, 7) is 4.10. The largest absolute Gasteiger partial charge is 0.507 e. The highest BCUT2D eigenvalue weighted by atomic mass is 19.1. The van der Waals surface area contributed by atoms with Crippen molar-refractivity contribution < 1.29 is 9.50 Å². The monoisotopic (exact) mass is 311 g/mol. The van der Waals surface area contributed by atoms with Crippen LogP contribution in [0.5, 0.6) is 5.75 Å². The molecule has 0 radical (unpaired) electrons. The number of phenolic OH excluding ortho intramolecular Hbond substituents is 1. The van der Waals surface area contributed by atoms with Gasteiger partial charge in [0.1, 0.15) is 17.4 Å². The Morgan fingerprint density at radius 2 is 1.96 bits per heavy atom. The number of aromatic nitrogens is 2. The van der Waals surface area contributed by atoms with Crippen molar-refractivity contribution in [3.05, 3.63) is 48.3 Å². The number of hydrogen-bond acceptors (Lipinski definition) is 4. The fourth-order valence-corrected chi connectivity index (χ4v) is 2.33. The number of nitrogens with one attached hydrogen (secondary N) is 1. The summed E-state index contributed by atoms with van der Waals surface area (Å²) in [6, 6.07) is 11.5. The summed E-state index contributed by atoms with van der Waals surface area (Å²) in [5.74, 6) is 0.766. The molecule has 0 fully saturated rings. The highest BCUT2D eigenvalue weighted by molar-refractivity contribution is 5.91. The van der Waals surface area contributed by atoms with Crippen molar-refractivity contribution >= 4 is 16.7 Å². The fraction of sp³-hybridized carbons (Fsp3) is 0.222. The van der Waals surface area contributed by atoms with Gasteiger partial charge in [-0.15, -0.1) is 0 Å². The maximum Gasteiger partial charge on any atom is 0.165 e. The van der Waals surface area contributed by atoms with E-state index in [2.05, 4.69) is 22.2 Å². The predicted molar refractivity (Wildman–Crippen MR) is 90.0 cm³/mol. The molecule has 1 aromatic heterocycles. The third kappa shape index (κ3) is 3.08. The lowest BCUT2D eigenvalue weighted by Crippen LogP contribution is -2.15. The van der Waals surface area contributed by atoms with Crippen LogP contribution in [0.15, 0.2) is 42.5 Å². The Bertz CT molecular complexity index is 851. The number of fused-ring (bicyclic) bond motifs is 1. The zero-order valence-electron chi connectivity index (χ0n) is 13.0. The Kier molecular flexibility index (Phi) is 4.10. The highest BCUT2D eigenvalue weighted by Gasteiger charge is 2.13. The van der Waals surface area contributed by atoms with E-state index >= 15 is 0 Å². The predicted octanol–water partition coefficient (Wildman–Crippen LogP) is 4.35. The standard InChI is InChI=1S/C18H18FN3O/c1-3-11(2)20-18-14-10-12(19)8-9-15(14)21-17(22-18)13-6-4-5-7-16(13)23/h4-11,23H,3H2,1-2H3,(H,20,21,22). The summed E-state index contributed by atoms with van der Waals surface area (Å²) in [5, 5.41) is 14.0. The second-order valence-corrected chi connectivity index (χ2v) is 5.53. The lowest BCUT2D eigenvalue weighted by Gasteiger charge is -2.15. The van der Waals surface area contributed by atoms with E-state index in [1.807, 2.05) is 13.0 Å². The maximum absolute atomic E-state index is 13.6. The van der Waals surface area contributed by atoms with Crippen LogP contribution in [0.3, 0.4) is 0 Å². The molecule has 1 atom stereocenters. The van der Waals surface area contributed by atoms with Crippen molar-refractivity contribution in [3.63, 3.8) is 0 Å². The van der Waals surface area contributed by atoms with Crippen molar-refractivity contribution in [1.29, 1.82) is 0 Å². The second kappa shape index (κ2) is 6.20. The molecule has 0 spiro atoms. The van der Waals surface area contributed by atoms with Crippen LogP contribution in [0, 0.1) is 5.82 Å². The molecule has 23 heavy (non-hydrogen) atoms. The fourth-order valence-electron chi connectivity index (χ4n) is 2.33. The normalized spacial score (nSPS) is 12.3. The minimum absolute atomic E-state index is 0.114. The van der Waals surface area contributed by atoms with E-state index in [4.69, 9.17) is 0 Å². The molecular formula is C18H18FN3O. The molecule has 1 unspecified atom stereocenters. The van der Waals surface area contributed by atoms with Gasteiger partial charge in [-0.3, -0.25) is 0 Å². The van der Waals surface area contributed by atoms with Gasteiger partial charge in [-0.05, 0) is 43.7 Å². The number of aromatic hydroxyl groups is 1. The number of phenols is 1. The van der Waals surface area contributed by atoms with Crippen molar-refractivity contribution in [1.82, 2.24) is 9.97 Å². The number of para-hydroxylation sites is 1. The van der Waals surface area contributed by atoms with Crippen LogP contribution in [0.4, 0.5) is 10.2 Å². The number of benzene rings is 2. The molecule has 0 saturated carbocycles. The Morgan fingerprint density at radius 1 is 1.17 bits per heavy atom. The zero-order valence-corrected chi connectivity index (χ0v) is 13.0. The average molecular weight is 311 g/mol. The van der Waals surface area contributed by atoms with Gasteiger partial charge in [-0.25, -0.2) is 14.4 Å². The first kappa shape index (κ1) is 15.2. The van der Waals surface area contributed by atoms with Crippen LogP contribution in [0.1, 0.15) is 20.3 Å². The summed E-state index contributed by atoms with van der Waals surface area (Å²) >= 11 is 0. The van der Waals surface area contributed by atoms with E-state index < -0.39 is 0 Å². The molecule has 4 nitrogen and oxygen atoms in total. The van der Waals surface area contributed by atoms with Crippen molar-refractivity contribution in [2.45, 2.75) is 26.3 Å². The molecule has 0 aliphatic heterocycles. The quantitative estimate of drug-likeness (QED) is 0.752. The first-order valence-electron chi connectivity index (χ1n) is 7.60. The molecule has 0 amide bonds. The average Bonchev–Trinajstić information content (AvgIpc) is 2.55. The smallest absolute Gasteiger partial charge is 0.165 e. The van der Waals surface area contributed by atoms with Crippen LogP contribution in [-0.4, -0.2) is 21.1 Å². The first-order chi connectivity index (χ1) is 11.1. The second-order valence-electron chi connectivity index (χ2n) is 5.53. The molecule has 5 heteroatoms. The van der Waals surface area contributed by atoms with Gasteiger partial charge in [0, 0.05) is 11.4 Å². The van der Waals surface area contributed by atoms with Gasteiger partial charge >= 0.3 is 0 Å². The molecule has 0 bridgehead atoms. The molecule has 3 rings (SSSR count). The number of nitrogens with zero attached hydrogens (tertiary/aromatic N) is 2. The molecular weight excluding hydrogens is 293 g/mol. The van der Waals surface area contributed by atoms with Gasteiger partial charge in [-0.2, -0.15) is 0 Å². The summed E-state index contributed by atoms with van der Waals surface area (Å²) in [4.78, 5) is 8.98. The minimum Gasteiger partial charge on any atom is -0.507 e. The molecule has 0 saturated heterocycles. The molecule has 2 aromatic carbocycles. The minimum atomic E-state index is -0.330. The van der Waals surface area contributed by atoms with E-state index in [0.29, 0.717) is 28.1 Å². The Morgan fingerprint density at radius 3 is 2.70 bits per heavy atom. The molecule has 2 N–H and O–H groups in total. The summed E-state index contributed by atoms with van der Waals surface area (Å²) in [7, 11) is 0. The van der Waals surface area contributed by atoms with Crippen LogP contribution in [-0.2, 0) is 0 Å². The van der Waals surface area contributed by atoms with Crippen molar-refractivity contribution in [2.75, 3.05) is 5.32 Å². The Hall–Kier alpha value is -2.69. The van der Waals surface area contributed by atoms with Gasteiger partial charge in [0.05, 0.1) is 11.1 Å². The lowest BCUT2D eigenvalue weighted by molar-refractivity contribution is 0.477. The van der Waals surface area contributed by atoms with Crippen LogP contribution in [0.25, 0.3) is 22.3 Å². The van der Waals surface area contributed by atoms with Crippen LogP contribution < -0.4 is 5.32 Å². The van der Waals surface area contributed by atoms with Gasteiger partial charge in [0.25, 0.3) is 0 Å². The van der Waals surface area contributed by atoms with Crippen molar-refractivity contribution in [2.24, 2.45) is 0 Å². The number of hydrogen-bond donors (Lipinski definition) is 2. The summed E-state index contributed by atoms with van der Waals surface area (Å²) in [6.07, 6.45) is 0.909. The van der Waals surface area contributed by atoms with E-state index in [1.54, 1.807) is 24.3 Å². The maximum atomic E-state index is 13.6. The summed E-state index contributed by atoms with van der Waals surface area (Å²) in [5.41, 5.74) is 1.18. The first-order valence-corrected chi connectivity index (χ1v) is 7.60. The molecule has 3 aromatic rings. The lowest BCUT2D eigenvalue weighted by atomic mass is 10.1. The molecule has 0 aliphatic carbocycles. The number of rotatable bonds is 4. The van der Waals surface area contributed by atoms with Crippen LogP contribution >= 0.6 is 0 Å². The molecule has 1 heterocycles. The molecule has 118 valence electrons. The van der Waals surface area contributed by atoms with Gasteiger partial charge in [0.2, 0.25) is 0 Å². The molecule has 0 aliphatic rings. The third-order valence-electron chi connectivity index (χ3n) is 3.80. The SMILES string of the molecule is CCC(C)Nc1nc(-c2ccccc2O)nc2ccc(F)cc12. The van der Waals surface area contributed by atoms with E-state index in [-0.39, 0.29) is 17.6 Å². The van der Waals surface area contributed by atoms with E-state index in [9.17, 15) is 9.50 Å². The van der Waals surface area contributed by atoms with Crippen molar-refractivity contribution in [3.8, 4) is 17.1 Å². The van der Waals surface area contributed by atoms with Gasteiger partial charge in [-0.1, -0.05) is 19.1 Å². The zero-order chi connectivity index (χ0) is 16.4. The summed E-state index contributed by atoms with van der Waals surface area (Å²) < 4.78 is 13.6.